The van der Waals surface area contributed by atoms with Crippen molar-refractivity contribution in [2.75, 3.05) is 7.05 Å². The smallest absolute Gasteiger partial charge is 0.317 e. The maximum atomic E-state index is 12.9. The van der Waals surface area contributed by atoms with E-state index in [0.717, 1.165) is 19.3 Å². The first-order valence-corrected chi connectivity index (χ1v) is 5.85. The van der Waals surface area contributed by atoms with Crippen LogP contribution in [0.4, 0.5) is 13.2 Å². The maximum Gasteiger partial charge on any atom is 0.416 e. The van der Waals surface area contributed by atoms with Crippen LogP contribution in [0.3, 0.4) is 0 Å². The van der Waals surface area contributed by atoms with Gasteiger partial charge in [0.1, 0.15) is 0 Å². The zero-order chi connectivity index (χ0) is 12.5. The average Bonchev–Trinajstić information content (AvgIpc) is 2.76. The minimum atomic E-state index is -4.24. The Kier molecular flexibility index (Phi) is 3.43. The fraction of sp³-hybridized carbons (Fsp3) is 0.538. The molecule has 0 aromatic heterocycles. The zero-order valence-corrected chi connectivity index (χ0v) is 9.72. The maximum absolute atomic E-state index is 12.9. The first-order valence-electron chi connectivity index (χ1n) is 5.85. The van der Waals surface area contributed by atoms with Crippen molar-refractivity contribution in [1.82, 2.24) is 5.32 Å². The predicted molar refractivity (Wildman–Crippen MR) is 60.9 cm³/mol. The van der Waals surface area contributed by atoms with Crippen LogP contribution in [0.25, 0.3) is 0 Å². The van der Waals surface area contributed by atoms with Crippen LogP contribution in [-0.4, -0.2) is 13.1 Å². The minimum Gasteiger partial charge on any atom is -0.317 e. The lowest BCUT2D eigenvalue weighted by Crippen LogP contribution is -2.21. The van der Waals surface area contributed by atoms with Crippen molar-refractivity contribution in [2.45, 2.75) is 37.4 Å². The highest BCUT2D eigenvalue weighted by molar-refractivity contribution is 5.33. The van der Waals surface area contributed by atoms with Crippen LogP contribution < -0.4 is 5.32 Å². The molecule has 0 bridgehead atoms. The molecule has 17 heavy (non-hydrogen) atoms. The summed E-state index contributed by atoms with van der Waals surface area (Å²) >= 11 is 0. The van der Waals surface area contributed by atoms with Crippen LogP contribution in [0.2, 0.25) is 0 Å². The summed E-state index contributed by atoms with van der Waals surface area (Å²) in [6.07, 6.45) is -1.66. The molecule has 1 aromatic carbocycles. The number of rotatable bonds is 2. The van der Waals surface area contributed by atoms with Crippen molar-refractivity contribution < 1.29 is 13.2 Å². The Bertz CT molecular complexity index is 386. The Hall–Kier alpha value is -1.03. The van der Waals surface area contributed by atoms with Crippen molar-refractivity contribution in [3.63, 3.8) is 0 Å². The summed E-state index contributed by atoms with van der Waals surface area (Å²) in [4.78, 5) is 0. The third-order valence-electron chi connectivity index (χ3n) is 3.55. The molecule has 0 radical (unpaired) electrons. The number of alkyl halides is 3. The Labute approximate surface area is 99.0 Å². The van der Waals surface area contributed by atoms with Gasteiger partial charge in [-0.15, -0.1) is 0 Å². The molecule has 4 heteroatoms. The molecule has 0 heterocycles. The average molecular weight is 243 g/mol. The number of nitrogens with one attached hydrogen (secondary N) is 1. The van der Waals surface area contributed by atoms with E-state index in [9.17, 15) is 13.2 Å². The summed E-state index contributed by atoms with van der Waals surface area (Å²) in [5.74, 6) is 0.0327. The fourth-order valence-electron chi connectivity index (χ4n) is 2.64. The second-order valence-electron chi connectivity index (χ2n) is 4.58. The highest BCUT2D eigenvalue weighted by Crippen LogP contribution is 2.41. The molecule has 1 fully saturated rings. The summed E-state index contributed by atoms with van der Waals surface area (Å²) in [7, 11) is 1.86. The van der Waals surface area contributed by atoms with Gasteiger partial charge in [0.15, 0.2) is 0 Å². The summed E-state index contributed by atoms with van der Waals surface area (Å²) in [6.45, 7) is 0. The standard InChI is InChI=1S/C13H16F3N/c1-17-10-7-6-9(8-10)11-4-2-3-5-12(11)13(14,15)16/h2-5,9-10,17H,6-8H2,1H3. The third-order valence-corrected chi connectivity index (χ3v) is 3.55. The van der Waals surface area contributed by atoms with Crippen molar-refractivity contribution in [3.8, 4) is 0 Å². The van der Waals surface area contributed by atoms with E-state index >= 15 is 0 Å². The van der Waals surface area contributed by atoms with Crippen molar-refractivity contribution in [1.29, 1.82) is 0 Å². The van der Waals surface area contributed by atoms with E-state index in [2.05, 4.69) is 5.32 Å². The molecular formula is C13H16F3N. The topological polar surface area (TPSA) is 12.0 Å². The Morgan fingerprint density at radius 3 is 2.47 bits per heavy atom. The molecule has 0 spiro atoms. The molecule has 1 aliphatic rings. The molecule has 94 valence electrons. The van der Waals surface area contributed by atoms with Crippen LogP contribution in [-0.2, 0) is 6.18 Å². The van der Waals surface area contributed by atoms with Crippen LogP contribution >= 0.6 is 0 Å². The quantitative estimate of drug-likeness (QED) is 0.837. The Balaban J connectivity index is 2.27. The summed E-state index contributed by atoms with van der Waals surface area (Å²) < 4.78 is 38.6. The van der Waals surface area contributed by atoms with E-state index in [1.807, 2.05) is 7.05 Å². The van der Waals surface area contributed by atoms with E-state index < -0.39 is 11.7 Å². The molecule has 1 aromatic rings. The lowest BCUT2D eigenvalue weighted by atomic mass is 9.92. The number of hydrogen-bond acceptors (Lipinski definition) is 1. The van der Waals surface area contributed by atoms with E-state index in [-0.39, 0.29) is 5.92 Å². The van der Waals surface area contributed by atoms with Gasteiger partial charge in [0, 0.05) is 6.04 Å². The van der Waals surface area contributed by atoms with Gasteiger partial charge in [0.05, 0.1) is 5.56 Å². The van der Waals surface area contributed by atoms with E-state index in [4.69, 9.17) is 0 Å². The van der Waals surface area contributed by atoms with Crippen molar-refractivity contribution in [3.05, 3.63) is 35.4 Å². The molecule has 0 aliphatic heterocycles. The molecule has 1 aliphatic carbocycles. The second kappa shape index (κ2) is 4.69. The van der Waals surface area contributed by atoms with Gasteiger partial charge >= 0.3 is 6.18 Å². The van der Waals surface area contributed by atoms with Crippen molar-refractivity contribution >= 4 is 0 Å². The van der Waals surface area contributed by atoms with Gasteiger partial charge in [-0.3, -0.25) is 0 Å². The highest BCUT2D eigenvalue weighted by Gasteiger charge is 2.36. The van der Waals surface area contributed by atoms with E-state index in [1.54, 1.807) is 12.1 Å². The van der Waals surface area contributed by atoms with Crippen molar-refractivity contribution in [2.24, 2.45) is 0 Å². The van der Waals surface area contributed by atoms with Gasteiger partial charge in [0.2, 0.25) is 0 Å². The van der Waals surface area contributed by atoms with Gasteiger partial charge in [-0.05, 0) is 43.9 Å². The Morgan fingerprint density at radius 2 is 1.88 bits per heavy atom. The molecular weight excluding hydrogens is 227 g/mol. The molecule has 2 unspecified atom stereocenters. The second-order valence-corrected chi connectivity index (χ2v) is 4.58. The van der Waals surface area contributed by atoms with E-state index in [0.29, 0.717) is 11.6 Å². The molecule has 2 atom stereocenters. The molecule has 1 saturated carbocycles. The first-order chi connectivity index (χ1) is 8.02. The van der Waals surface area contributed by atoms with Crippen LogP contribution in [0.15, 0.2) is 24.3 Å². The molecule has 2 rings (SSSR count). The summed E-state index contributed by atoms with van der Waals surface area (Å²) in [5, 5.41) is 3.14. The highest BCUT2D eigenvalue weighted by atomic mass is 19.4. The molecule has 0 saturated heterocycles. The normalized spacial score (nSPS) is 25.2. The van der Waals surface area contributed by atoms with Crippen LogP contribution in [0, 0.1) is 0 Å². The van der Waals surface area contributed by atoms with Gasteiger partial charge < -0.3 is 5.32 Å². The monoisotopic (exact) mass is 243 g/mol. The number of halogens is 3. The minimum absolute atomic E-state index is 0.0327. The molecule has 1 N–H and O–H groups in total. The van der Waals surface area contributed by atoms with Gasteiger partial charge in [0.25, 0.3) is 0 Å². The SMILES string of the molecule is CNC1CCC(c2ccccc2C(F)(F)F)C1. The number of hydrogen-bond donors (Lipinski definition) is 1. The zero-order valence-electron chi connectivity index (χ0n) is 9.72. The van der Waals surface area contributed by atoms with E-state index in [1.165, 1.54) is 12.1 Å². The van der Waals surface area contributed by atoms with Gasteiger partial charge in [-0.2, -0.15) is 13.2 Å². The fourth-order valence-corrected chi connectivity index (χ4v) is 2.64. The predicted octanol–water partition coefficient (Wildman–Crippen LogP) is 3.56. The first kappa shape index (κ1) is 12.4. The lowest BCUT2D eigenvalue weighted by molar-refractivity contribution is -0.138. The Morgan fingerprint density at radius 1 is 1.18 bits per heavy atom. The van der Waals surface area contributed by atoms with Gasteiger partial charge in [-0.1, -0.05) is 18.2 Å². The summed E-state index contributed by atoms with van der Waals surface area (Å²) in [5.41, 5.74) is -0.0143. The third kappa shape index (κ3) is 2.63. The van der Waals surface area contributed by atoms with Crippen LogP contribution in [0.5, 0.6) is 0 Å². The number of benzene rings is 1. The lowest BCUT2D eigenvalue weighted by Gasteiger charge is -2.17. The summed E-state index contributed by atoms with van der Waals surface area (Å²) in [6, 6.07) is 6.29. The van der Waals surface area contributed by atoms with Gasteiger partial charge in [-0.25, -0.2) is 0 Å². The molecule has 1 nitrogen and oxygen atoms in total. The largest absolute Gasteiger partial charge is 0.416 e. The van der Waals surface area contributed by atoms with Crippen LogP contribution in [0.1, 0.15) is 36.3 Å². The molecule has 0 amide bonds.